The first kappa shape index (κ1) is 19.9. The molecule has 1 aliphatic heterocycles. The summed E-state index contributed by atoms with van der Waals surface area (Å²) < 4.78 is 11.8. The van der Waals surface area contributed by atoms with Crippen LogP contribution in [0, 0.1) is 5.92 Å². The van der Waals surface area contributed by atoms with Crippen LogP contribution in [0.3, 0.4) is 0 Å². The van der Waals surface area contributed by atoms with Gasteiger partial charge in [-0.15, -0.1) is 0 Å². The maximum Gasteiger partial charge on any atom is 0.412 e. The standard InChI is InChI=1S/C21H30INO3/c1-20(2)23(19(24)25-15-17-12-8-5-9-13-17)21(3,18(22)26-20)14-16-10-6-4-7-11-16/h5,8-9,12-13,16,18H,4,6-7,10-11,14-15H2,1-3H3/t18-,21-/m0/s1. The van der Waals surface area contributed by atoms with Gasteiger partial charge in [0.15, 0.2) is 0 Å². The average Bonchev–Trinajstić information content (AvgIpc) is 2.78. The highest BCUT2D eigenvalue weighted by molar-refractivity contribution is 14.1. The number of hydrogen-bond acceptors (Lipinski definition) is 3. The summed E-state index contributed by atoms with van der Waals surface area (Å²) in [4.78, 5) is 14.9. The molecule has 1 aromatic rings. The van der Waals surface area contributed by atoms with Crippen molar-refractivity contribution < 1.29 is 14.3 Å². The van der Waals surface area contributed by atoms with E-state index in [1.54, 1.807) is 0 Å². The zero-order chi connectivity index (χ0) is 18.8. The van der Waals surface area contributed by atoms with E-state index >= 15 is 0 Å². The highest BCUT2D eigenvalue weighted by Gasteiger charge is 2.58. The van der Waals surface area contributed by atoms with Crippen molar-refractivity contribution in [2.45, 2.75) is 81.3 Å². The second kappa shape index (κ2) is 8.05. The highest BCUT2D eigenvalue weighted by atomic mass is 127. The molecule has 5 heteroatoms. The molecule has 2 fully saturated rings. The molecule has 1 amide bonds. The fourth-order valence-corrected chi connectivity index (χ4v) is 5.68. The van der Waals surface area contributed by atoms with Crippen LogP contribution in [0.25, 0.3) is 0 Å². The molecule has 0 bridgehead atoms. The van der Waals surface area contributed by atoms with Crippen LogP contribution in [0.4, 0.5) is 4.79 Å². The number of carbonyl (C=O) groups is 1. The third-order valence-electron chi connectivity index (χ3n) is 5.74. The van der Waals surface area contributed by atoms with Crippen LogP contribution in [-0.4, -0.2) is 26.4 Å². The molecular weight excluding hydrogens is 441 g/mol. The predicted molar refractivity (Wildman–Crippen MR) is 111 cm³/mol. The third-order valence-corrected chi connectivity index (χ3v) is 7.34. The first-order valence-corrected chi connectivity index (χ1v) is 10.9. The molecule has 144 valence electrons. The number of rotatable bonds is 4. The molecule has 2 atom stereocenters. The smallest absolute Gasteiger partial charge is 0.412 e. The molecule has 0 radical (unpaired) electrons. The van der Waals surface area contributed by atoms with Gasteiger partial charge in [0.25, 0.3) is 0 Å². The van der Waals surface area contributed by atoms with Crippen LogP contribution in [0.2, 0.25) is 0 Å². The van der Waals surface area contributed by atoms with Crippen molar-refractivity contribution in [2.24, 2.45) is 5.92 Å². The second-order valence-corrected chi connectivity index (χ2v) is 9.45. The van der Waals surface area contributed by atoms with Gasteiger partial charge >= 0.3 is 6.09 Å². The van der Waals surface area contributed by atoms with Crippen molar-refractivity contribution in [2.75, 3.05) is 0 Å². The molecule has 1 saturated carbocycles. The number of amides is 1. The predicted octanol–water partition coefficient (Wildman–Crippen LogP) is 5.88. The molecule has 1 aliphatic carbocycles. The number of carbonyl (C=O) groups excluding carboxylic acids is 1. The van der Waals surface area contributed by atoms with E-state index in [1.807, 2.05) is 49.1 Å². The van der Waals surface area contributed by atoms with Crippen molar-refractivity contribution >= 4 is 28.7 Å². The zero-order valence-electron chi connectivity index (χ0n) is 16.0. The lowest BCUT2D eigenvalue weighted by Crippen LogP contribution is -2.56. The van der Waals surface area contributed by atoms with Crippen molar-refractivity contribution in [3.63, 3.8) is 0 Å². The van der Waals surface area contributed by atoms with E-state index in [9.17, 15) is 4.79 Å². The maximum atomic E-state index is 13.1. The number of ether oxygens (including phenoxy) is 2. The normalized spacial score (nSPS) is 28.9. The Bertz CT molecular complexity index is 615. The second-order valence-electron chi connectivity index (χ2n) is 8.32. The van der Waals surface area contributed by atoms with E-state index in [0.29, 0.717) is 5.92 Å². The third kappa shape index (κ3) is 4.19. The van der Waals surface area contributed by atoms with Crippen molar-refractivity contribution in [3.8, 4) is 0 Å². The van der Waals surface area contributed by atoms with Crippen LogP contribution >= 0.6 is 22.6 Å². The van der Waals surface area contributed by atoms with Gasteiger partial charge in [0, 0.05) is 0 Å². The monoisotopic (exact) mass is 471 g/mol. The first-order valence-electron chi connectivity index (χ1n) is 9.66. The van der Waals surface area contributed by atoms with E-state index in [1.165, 1.54) is 32.1 Å². The van der Waals surface area contributed by atoms with Gasteiger partial charge < -0.3 is 9.47 Å². The number of benzene rings is 1. The Balaban J connectivity index is 1.74. The molecule has 4 nitrogen and oxygen atoms in total. The van der Waals surface area contributed by atoms with E-state index < -0.39 is 5.72 Å². The van der Waals surface area contributed by atoms with Gasteiger partial charge in [-0.1, -0.05) is 62.4 Å². The minimum atomic E-state index is -0.664. The summed E-state index contributed by atoms with van der Waals surface area (Å²) in [5.41, 5.74) is -0.0122. The number of halogens is 1. The lowest BCUT2D eigenvalue weighted by molar-refractivity contribution is -0.0576. The molecule has 26 heavy (non-hydrogen) atoms. The van der Waals surface area contributed by atoms with Gasteiger partial charge in [0.1, 0.15) is 16.4 Å². The van der Waals surface area contributed by atoms with Crippen LogP contribution in [-0.2, 0) is 16.1 Å². The summed E-state index contributed by atoms with van der Waals surface area (Å²) in [6.07, 6.45) is 7.15. The van der Waals surface area contributed by atoms with Crippen LogP contribution < -0.4 is 0 Å². The molecule has 0 unspecified atom stereocenters. The fourth-order valence-electron chi connectivity index (χ4n) is 4.52. The Labute approximate surface area is 170 Å². The Morgan fingerprint density at radius 1 is 1.19 bits per heavy atom. The zero-order valence-corrected chi connectivity index (χ0v) is 18.2. The summed E-state index contributed by atoms with van der Waals surface area (Å²) in [7, 11) is 0. The summed E-state index contributed by atoms with van der Waals surface area (Å²) in [6, 6.07) is 9.83. The van der Waals surface area contributed by atoms with Gasteiger partial charge in [0.05, 0.1) is 5.54 Å². The molecule has 0 aromatic heterocycles. The van der Waals surface area contributed by atoms with E-state index in [-0.39, 0.29) is 22.3 Å². The Kier molecular flexibility index (Phi) is 6.17. The molecule has 1 saturated heterocycles. The molecular formula is C21H30INO3. The molecule has 0 N–H and O–H groups in total. The van der Waals surface area contributed by atoms with Crippen LogP contribution in [0.1, 0.15) is 64.9 Å². The van der Waals surface area contributed by atoms with Gasteiger partial charge in [-0.25, -0.2) is 4.79 Å². The van der Waals surface area contributed by atoms with Crippen LogP contribution in [0.5, 0.6) is 0 Å². The summed E-state index contributed by atoms with van der Waals surface area (Å²) >= 11 is 2.35. The van der Waals surface area contributed by atoms with E-state index in [0.717, 1.165) is 12.0 Å². The van der Waals surface area contributed by atoms with Crippen molar-refractivity contribution in [3.05, 3.63) is 35.9 Å². The fraction of sp³-hybridized carbons (Fsp3) is 0.667. The Morgan fingerprint density at radius 2 is 1.85 bits per heavy atom. The van der Waals surface area contributed by atoms with E-state index in [2.05, 4.69) is 29.5 Å². The average molecular weight is 471 g/mol. The maximum absolute atomic E-state index is 13.1. The topological polar surface area (TPSA) is 38.8 Å². The Hall–Kier alpha value is -0.820. The van der Waals surface area contributed by atoms with Gasteiger partial charge in [0.2, 0.25) is 0 Å². The number of nitrogens with zero attached hydrogens (tertiary/aromatic N) is 1. The van der Waals surface area contributed by atoms with Gasteiger partial charge in [-0.2, -0.15) is 0 Å². The molecule has 2 aliphatic rings. The quantitative estimate of drug-likeness (QED) is 0.407. The summed E-state index contributed by atoms with van der Waals surface area (Å²) in [6.45, 7) is 6.39. The summed E-state index contributed by atoms with van der Waals surface area (Å²) in [5.74, 6) is 0.660. The largest absolute Gasteiger partial charge is 0.444 e. The lowest BCUT2D eigenvalue weighted by Gasteiger charge is -2.41. The molecule has 1 aromatic carbocycles. The molecule has 1 heterocycles. The Morgan fingerprint density at radius 3 is 2.50 bits per heavy atom. The number of hydrogen-bond donors (Lipinski definition) is 0. The van der Waals surface area contributed by atoms with Crippen molar-refractivity contribution in [1.29, 1.82) is 0 Å². The first-order chi connectivity index (χ1) is 12.3. The van der Waals surface area contributed by atoms with Crippen LogP contribution in [0.15, 0.2) is 30.3 Å². The minimum Gasteiger partial charge on any atom is -0.444 e. The highest BCUT2D eigenvalue weighted by Crippen LogP contribution is 2.48. The summed E-state index contributed by atoms with van der Waals surface area (Å²) in [5, 5.41) is 0. The molecule has 3 rings (SSSR count). The minimum absolute atomic E-state index is 0.0405. The van der Waals surface area contributed by atoms with Crippen molar-refractivity contribution in [1.82, 2.24) is 4.90 Å². The van der Waals surface area contributed by atoms with E-state index in [4.69, 9.17) is 9.47 Å². The van der Waals surface area contributed by atoms with Gasteiger partial charge in [-0.3, -0.25) is 4.90 Å². The molecule has 0 spiro atoms. The SMILES string of the molecule is CC1(C)O[C@H](I)[C@](C)(CC2CCCCC2)N1C(=O)OCc1ccccc1. The van der Waals surface area contributed by atoms with Gasteiger partial charge in [-0.05, 0) is 61.3 Å². The number of alkyl halides is 1. The lowest BCUT2D eigenvalue weighted by atomic mass is 9.79.